The van der Waals surface area contributed by atoms with Gasteiger partial charge in [0.15, 0.2) is 0 Å². The van der Waals surface area contributed by atoms with Crippen molar-refractivity contribution in [1.29, 1.82) is 0 Å². The highest BCUT2D eigenvalue weighted by atomic mass is 16.4. The Bertz CT molecular complexity index is 937. The fourth-order valence-corrected chi connectivity index (χ4v) is 3.65. The third kappa shape index (κ3) is 4.31. The van der Waals surface area contributed by atoms with Crippen molar-refractivity contribution in [2.45, 2.75) is 26.7 Å². The lowest BCUT2D eigenvalue weighted by atomic mass is 9.98. The van der Waals surface area contributed by atoms with Crippen molar-refractivity contribution in [3.8, 4) is 5.69 Å². The Morgan fingerprint density at radius 2 is 1.97 bits per heavy atom. The molecule has 0 saturated carbocycles. The molecule has 0 aliphatic carbocycles. The van der Waals surface area contributed by atoms with Crippen LogP contribution in [0, 0.1) is 19.8 Å². The van der Waals surface area contributed by atoms with Crippen molar-refractivity contribution < 1.29 is 19.5 Å². The molecule has 1 aliphatic heterocycles. The average molecular weight is 398 g/mol. The van der Waals surface area contributed by atoms with Gasteiger partial charge in [0.25, 0.3) is 5.91 Å². The highest BCUT2D eigenvalue weighted by Crippen LogP contribution is 2.19. The number of carbonyl (C=O) groups excluding carboxylic acids is 2. The molecule has 154 valence electrons. The topological polar surface area (TPSA) is 95.7 Å². The van der Waals surface area contributed by atoms with E-state index in [1.807, 2.05) is 38.1 Å². The van der Waals surface area contributed by atoms with Crippen molar-refractivity contribution in [3.05, 3.63) is 47.3 Å². The number of hydrogen-bond acceptors (Lipinski definition) is 4. The van der Waals surface area contributed by atoms with Crippen molar-refractivity contribution in [2.75, 3.05) is 26.7 Å². The maximum atomic E-state index is 12.9. The molecule has 8 nitrogen and oxygen atoms in total. The molecule has 8 heteroatoms. The van der Waals surface area contributed by atoms with E-state index in [4.69, 9.17) is 0 Å². The molecule has 1 saturated heterocycles. The van der Waals surface area contributed by atoms with Crippen LogP contribution < -0.4 is 0 Å². The van der Waals surface area contributed by atoms with Crippen molar-refractivity contribution in [2.24, 2.45) is 5.92 Å². The van der Waals surface area contributed by atoms with Crippen LogP contribution in [0.3, 0.4) is 0 Å². The van der Waals surface area contributed by atoms with Crippen molar-refractivity contribution in [1.82, 2.24) is 19.6 Å². The summed E-state index contributed by atoms with van der Waals surface area (Å²) < 4.78 is 1.72. The number of likely N-dealkylation sites (N-methyl/N-ethyl adjacent to an activating group) is 1. The predicted molar refractivity (Wildman–Crippen MR) is 107 cm³/mol. The van der Waals surface area contributed by atoms with Gasteiger partial charge in [0.1, 0.15) is 0 Å². The van der Waals surface area contributed by atoms with Crippen LogP contribution in [0.4, 0.5) is 0 Å². The largest absolute Gasteiger partial charge is 0.481 e. The fourth-order valence-electron chi connectivity index (χ4n) is 3.65. The highest BCUT2D eigenvalue weighted by molar-refractivity contribution is 5.97. The van der Waals surface area contributed by atoms with Gasteiger partial charge in [-0.05, 0) is 38.3 Å². The Balaban J connectivity index is 1.70. The summed E-state index contributed by atoms with van der Waals surface area (Å²) >= 11 is 0. The van der Waals surface area contributed by atoms with Crippen LogP contribution in [-0.2, 0) is 9.59 Å². The number of para-hydroxylation sites is 1. The second-order valence-corrected chi connectivity index (χ2v) is 7.52. The average Bonchev–Trinajstić information content (AvgIpc) is 3.08. The number of likely N-dealkylation sites (tertiary alicyclic amines) is 1. The molecule has 29 heavy (non-hydrogen) atoms. The molecule has 0 radical (unpaired) electrons. The van der Waals surface area contributed by atoms with Crippen molar-refractivity contribution >= 4 is 17.8 Å². The van der Waals surface area contributed by atoms with Crippen LogP contribution in [0.15, 0.2) is 30.5 Å². The monoisotopic (exact) mass is 398 g/mol. The predicted octanol–water partition coefficient (Wildman–Crippen LogP) is 1.88. The van der Waals surface area contributed by atoms with Gasteiger partial charge in [-0.25, -0.2) is 4.68 Å². The van der Waals surface area contributed by atoms with Crippen LogP contribution in [0.5, 0.6) is 0 Å². The van der Waals surface area contributed by atoms with E-state index in [-0.39, 0.29) is 24.9 Å². The summed E-state index contributed by atoms with van der Waals surface area (Å²) in [6.45, 7) is 4.42. The number of aryl methyl sites for hydroxylation is 1. The summed E-state index contributed by atoms with van der Waals surface area (Å²) in [7, 11) is 1.57. The van der Waals surface area contributed by atoms with Gasteiger partial charge < -0.3 is 14.9 Å². The van der Waals surface area contributed by atoms with Gasteiger partial charge in [0.05, 0.1) is 35.6 Å². The van der Waals surface area contributed by atoms with Crippen LogP contribution in [0.1, 0.15) is 34.5 Å². The number of carboxylic acids is 1. The van der Waals surface area contributed by atoms with E-state index >= 15 is 0 Å². The molecule has 1 unspecified atom stereocenters. The number of piperidine rings is 1. The molecule has 0 spiro atoms. The van der Waals surface area contributed by atoms with Crippen LogP contribution >= 0.6 is 0 Å². The number of benzene rings is 1. The molecular formula is C21H26N4O4. The minimum Gasteiger partial charge on any atom is -0.481 e. The van der Waals surface area contributed by atoms with Gasteiger partial charge in [-0.2, -0.15) is 5.10 Å². The highest BCUT2D eigenvalue weighted by Gasteiger charge is 2.29. The number of carboxylic acid groups (broad SMARTS) is 1. The zero-order valence-electron chi connectivity index (χ0n) is 17.0. The number of aromatic nitrogens is 2. The maximum absolute atomic E-state index is 12.9. The molecule has 1 aliphatic rings. The molecule has 2 heterocycles. The normalized spacial score (nSPS) is 16.5. The van der Waals surface area contributed by atoms with Gasteiger partial charge in [0, 0.05) is 20.1 Å². The zero-order valence-corrected chi connectivity index (χ0v) is 17.0. The second kappa shape index (κ2) is 8.46. The third-order valence-electron chi connectivity index (χ3n) is 5.43. The van der Waals surface area contributed by atoms with E-state index in [0.717, 1.165) is 11.3 Å². The first-order valence-electron chi connectivity index (χ1n) is 9.66. The molecule has 1 N–H and O–H groups in total. The summed E-state index contributed by atoms with van der Waals surface area (Å²) in [5.41, 5.74) is 3.08. The summed E-state index contributed by atoms with van der Waals surface area (Å²) in [5.74, 6) is -1.95. The van der Waals surface area contributed by atoms with E-state index in [1.165, 1.54) is 16.0 Å². The first-order valence-corrected chi connectivity index (χ1v) is 9.66. The Labute approximate surface area is 169 Å². The van der Waals surface area contributed by atoms with Crippen LogP contribution in [-0.4, -0.2) is 69.2 Å². The summed E-state index contributed by atoms with van der Waals surface area (Å²) in [6.07, 6.45) is 2.75. The lowest BCUT2D eigenvalue weighted by Gasteiger charge is -2.32. The van der Waals surface area contributed by atoms with E-state index in [2.05, 4.69) is 5.10 Å². The number of rotatable bonds is 5. The minimum atomic E-state index is -0.883. The fraction of sp³-hybridized carbons (Fsp3) is 0.429. The molecule has 1 aromatic heterocycles. The van der Waals surface area contributed by atoms with Crippen LogP contribution in [0.25, 0.3) is 5.69 Å². The lowest BCUT2D eigenvalue weighted by Crippen LogP contribution is -2.46. The van der Waals surface area contributed by atoms with Crippen molar-refractivity contribution in [3.63, 3.8) is 0 Å². The first-order chi connectivity index (χ1) is 13.8. The Morgan fingerprint density at radius 3 is 2.66 bits per heavy atom. The van der Waals surface area contributed by atoms with E-state index in [1.54, 1.807) is 11.7 Å². The number of amides is 2. The summed E-state index contributed by atoms with van der Waals surface area (Å²) in [5, 5.41) is 13.5. The smallest absolute Gasteiger partial charge is 0.308 e. The number of nitrogens with zero attached hydrogens (tertiary/aromatic N) is 4. The molecule has 2 aromatic rings. The van der Waals surface area contributed by atoms with E-state index in [9.17, 15) is 19.5 Å². The number of aliphatic carboxylic acids is 1. The molecule has 1 atom stereocenters. The van der Waals surface area contributed by atoms with E-state index < -0.39 is 11.9 Å². The molecule has 1 aromatic carbocycles. The minimum absolute atomic E-state index is 0.0971. The maximum Gasteiger partial charge on any atom is 0.308 e. The van der Waals surface area contributed by atoms with Gasteiger partial charge in [0.2, 0.25) is 5.91 Å². The third-order valence-corrected chi connectivity index (χ3v) is 5.43. The Morgan fingerprint density at radius 1 is 1.24 bits per heavy atom. The number of carbonyl (C=O) groups is 3. The van der Waals surface area contributed by atoms with Gasteiger partial charge >= 0.3 is 5.97 Å². The molecule has 3 rings (SSSR count). The number of hydrogen-bond donors (Lipinski definition) is 1. The lowest BCUT2D eigenvalue weighted by molar-refractivity contribution is -0.145. The second-order valence-electron chi connectivity index (χ2n) is 7.52. The standard InChI is InChI=1S/C21H26N4O4/c1-14-7-4-5-9-18(14)25-15(2)17(11-22-25)20(27)23(3)13-19(26)24-10-6-8-16(12-24)21(28)29/h4-5,7,9,11,16H,6,8,10,12-13H2,1-3H3,(H,28,29). The van der Waals surface area contributed by atoms with E-state index in [0.29, 0.717) is 30.6 Å². The quantitative estimate of drug-likeness (QED) is 0.830. The van der Waals surface area contributed by atoms with Gasteiger partial charge in [-0.3, -0.25) is 14.4 Å². The molecule has 0 bridgehead atoms. The summed E-state index contributed by atoms with van der Waals surface area (Å²) in [6, 6.07) is 7.77. The Hall–Kier alpha value is -3.16. The zero-order chi connectivity index (χ0) is 21.1. The van der Waals surface area contributed by atoms with Gasteiger partial charge in [-0.1, -0.05) is 18.2 Å². The SMILES string of the molecule is Cc1ccccc1-n1ncc(C(=O)N(C)CC(=O)N2CCCC(C(=O)O)C2)c1C. The molecular weight excluding hydrogens is 372 g/mol. The molecule has 1 fully saturated rings. The Kier molecular flexibility index (Phi) is 6.00. The summed E-state index contributed by atoms with van der Waals surface area (Å²) in [4.78, 5) is 39.6. The molecule has 2 amide bonds. The first kappa shape index (κ1) is 20.6. The van der Waals surface area contributed by atoms with Crippen LogP contribution in [0.2, 0.25) is 0 Å². The van der Waals surface area contributed by atoms with Gasteiger partial charge in [-0.15, -0.1) is 0 Å².